The Labute approximate surface area is 150 Å². The van der Waals surface area contributed by atoms with Crippen LogP contribution in [0.15, 0.2) is 42.5 Å². The number of carbonyl (C=O) groups is 1. The first-order chi connectivity index (χ1) is 12.0. The first-order valence-electron chi connectivity index (χ1n) is 7.99. The topological polar surface area (TPSA) is 35.6 Å². The molecule has 1 aliphatic rings. The van der Waals surface area contributed by atoms with Gasteiger partial charge in [0.2, 0.25) is 5.91 Å². The zero-order chi connectivity index (χ0) is 17.8. The standard InChI is InChI=1S/C18H18ClF2N3O/c19-14-3-1-2-4-17(14)24-9-7-23(8-10-24)12-18(25)22-16-6-5-13(20)11-15(16)21/h1-6,11H,7-10,12H2,(H,22,25). The summed E-state index contributed by atoms with van der Waals surface area (Å²) in [5.74, 6) is -1.78. The largest absolute Gasteiger partial charge is 0.368 e. The van der Waals surface area contributed by atoms with Crippen molar-refractivity contribution in [1.29, 1.82) is 0 Å². The van der Waals surface area contributed by atoms with Crippen molar-refractivity contribution in [3.63, 3.8) is 0 Å². The van der Waals surface area contributed by atoms with Crippen LogP contribution in [0.3, 0.4) is 0 Å². The lowest BCUT2D eigenvalue weighted by Gasteiger charge is -2.36. The summed E-state index contributed by atoms with van der Waals surface area (Å²) in [5.41, 5.74) is 0.975. The molecule has 3 rings (SSSR count). The van der Waals surface area contributed by atoms with E-state index in [1.54, 1.807) is 0 Å². The maximum absolute atomic E-state index is 13.6. The summed E-state index contributed by atoms with van der Waals surface area (Å²) in [6.45, 7) is 3.06. The Kier molecular flexibility index (Phi) is 5.50. The Morgan fingerprint density at radius 1 is 1.08 bits per heavy atom. The average molecular weight is 366 g/mol. The van der Waals surface area contributed by atoms with Crippen LogP contribution in [0.4, 0.5) is 20.2 Å². The van der Waals surface area contributed by atoms with Crippen molar-refractivity contribution in [3.05, 3.63) is 59.1 Å². The monoisotopic (exact) mass is 365 g/mol. The van der Waals surface area contributed by atoms with Gasteiger partial charge in [0, 0.05) is 32.2 Å². The second-order valence-electron chi connectivity index (χ2n) is 5.89. The smallest absolute Gasteiger partial charge is 0.238 e. The zero-order valence-electron chi connectivity index (χ0n) is 13.5. The number of para-hydroxylation sites is 1. The van der Waals surface area contributed by atoms with Gasteiger partial charge in [-0.1, -0.05) is 23.7 Å². The van der Waals surface area contributed by atoms with Crippen LogP contribution in [-0.4, -0.2) is 43.5 Å². The van der Waals surface area contributed by atoms with Gasteiger partial charge in [-0.2, -0.15) is 0 Å². The van der Waals surface area contributed by atoms with Gasteiger partial charge < -0.3 is 10.2 Å². The molecule has 0 unspecified atom stereocenters. The highest BCUT2D eigenvalue weighted by atomic mass is 35.5. The number of halogens is 3. The van der Waals surface area contributed by atoms with Gasteiger partial charge in [-0.25, -0.2) is 8.78 Å². The fourth-order valence-corrected chi connectivity index (χ4v) is 3.09. The lowest BCUT2D eigenvalue weighted by Crippen LogP contribution is -2.48. The number of nitrogens with one attached hydrogen (secondary N) is 1. The summed E-state index contributed by atoms with van der Waals surface area (Å²) in [4.78, 5) is 16.2. The van der Waals surface area contributed by atoms with E-state index in [0.29, 0.717) is 18.1 Å². The van der Waals surface area contributed by atoms with Gasteiger partial charge in [-0.05, 0) is 24.3 Å². The van der Waals surface area contributed by atoms with E-state index < -0.39 is 11.6 Å². The number of nitrogens with zero attached hydrogens (tertiary/aromatic N) is 2. The second kappa shape index (κ2) is 7.80. The lowest BCUT2D eigenvalue weighted by molar-refractivity contribution is -0.117. The molecule has 0 spiro atoms. The molecular weight excluding hydrogens is 348 g/mol. The van der Waals surface area contributed by atoms with Crippen LogP contribution in [0.5, 0.6) is 0 Å². The molecule has 1 N–H and O–H groups in total. The first kappa shape index (κ1) is 17.6. The fraction of sp³-hybridized carbons (Fsp3) is 0.278. The Morgan fingerprint density at radius 2 is 1.80 bits per heavy atom. The number of hydrogen-bond acceptors (Lipinski definition) is 3. The van der Waals surface area contributed by atoms with Crippen molar-refractivity contribution < 1.29 is 13.6 Å². The summed E-state index contributed by atoms with van der Waals surface area (Å²) in [6.07, 6.45) is 0. The third kappa shape index (κ3) is 4.46. The highest BCUT2D eigenvalue weighted by molar-refractivity contribution is 6.33. The maximum atomic E-state index is 13.6. The van der Waals surface area contributed by atoms with E-state index in [4.69, 9.17) is 11.6 Å². The van der Waals surface area contributed by atoms with E-state index in [0.717, 1.165) is 30.9 Å². The van der Waals surface area contributed by atoms with Crippen LogP contribution >= 0.6 is 11.6 Å². The summed E-state index contributed by atoms with van der Waals surface area (Å²) in [5, 5.41) is 3.19. The predicted octanol–water partition coefficient (Wildman–Crippen LogP) is 3.38. The molecule has 0 radical (unpaired) electrons. The molecule has 1 aliphatic heterocycles. The SMILES string of the molecule is O=C(CN1CCN(c2ccccc2Cl)CC1)Nc1ccc(F)cc1F. The van der Waals surface area contributed by atoms with E-state index in [9.17, 15) is 13.6 Å². The average Bonchev–Trinajstić information content (AvgIpc) is 2.59. The molecule has 25 heavy (non-hydrogen) atoms. The normalized spacial score (nSPS) is 15.2. The van der Waals surface area contributed by atoms with Gasteiger partial charge in [-0.15, -0.1) is 0 Å². The molecule has 1 saturated heterocycles. The van der Waals surface area contributed by atoms with Crippen molar-refractivity contribution in [2.45, 2.75) is 0 Å². The molecule has 4 nitrogen and oxygen atoms in total. The molecule has 1 heterocycles. The quantitative estimate of drug-likeness (QED) is 0.902. The summed E-state index contributed by atoms with van der Waals surface area (Å²) in [6, 6.07) is 10.7. The summed E-state index contributed by atoms with van der Waals surface area (Å²) >= 11 is 6.21. The number of piperazine rings is 1. The number of anilines is 2. The van der Waals surface area contributed by atoms with Crippen LogP contribution in [0.1, 0.15) is 0 Å². The molecule has 0 saturated carbocycles. The molecule has 2 aromatic rings. The summed E-state index contributed by atoms with van der Waals surface area (Å²) in [7, 11) is 0. The van der Waals surface area contributed by atoms with E-state index in [1.165, 1.54) is 6.07 Å². The minimum atomic E-state index is -0.781. The lowest BCUT2D eigenvalue weighted by atomic mass is 10.2. The molecule has 0 aliphatic carbocycles. The van der Waals surface area contributed by atoms with Gasteiger partial charge in [0.25, 0.3) is 0 Å². The minimum absolute atomic E-state index is 0.0129. The molecule has 0 atom stereocenters. The number of benzene rings is 2. The second-order valence-corrected chi connectivity index (χ2v) is 6.29. The molecule has 0 aromatic heterocycles. The molecule has 132 valence electrons. The predicted molar refractivity (Wildman–Crippen MR) is 95.1 cm³/mol. The Bertz CT molecular complexity index is 764. The number of carbonyl (C=O) groups excluding carboxylic acids is 1. The third-order valence-corrected chi connectivity index (χ3v) is 4.46. The van der Waals surface area contributed by atoms with E-state index >= 15 is 0 Å². The molecule has 0 bridgehead atoms. The zero-order valence-corrected chi connectivity index (χ0v) is 14.3. The minimum Gasteiger partial charge on any atom is -0.368 e. The van der Waals surface area contributed by atoms with Gasteiger partial charge in [0.05, 0.1) is 22.9 Å². The van der Waals surface area contributed by atoms with Gasteiger partial charge in [0.15, 0.2) is 0 Å². The molecule has 7 heteroatoms. The Hall–Kier alpha value is -2.18. The number of hydrogen-bond donors (Lipinski definition) is 1. The maximum Gasteiger partial charge on any atom is 0.238 e. The van der Waals surface area contributed by atoms with Gasteiger partial charge >= 0.3 is 0 Å². The Morgan fingerprint density at radius 3 is 2.48 bits per heavy atom. The number of amides is 1. The third-order valence-electron chi connectivity index (χ3n) is 4.14. The van der Waals surface area contributed by atoms with Crippen molar-refractivity contribution in [2.24, 2.45) is 0 Å². The van der Waals surface area contributed by atoms with Gasteiger partial charge in [0.1, 0.15) is 11.6 Å². The van der Waals surface area contributed by atoms with Crippen LogP contribution in [0, 0.1) is 11.6 Å². The van der Waals surface area contributed by atoms with Crippen molar-refractivity contribution in [2.75, 3.05) is 42.9 Å². The highest BCUT2D eigenvalue weighted by Crippen LogP contribution is 2.26. The van der Waals surface area contributed by atoms with Gasteiger partial charge in [-0.3, -0.25) is 9.69 Å². The van der Waals surface area contributed by atoms with Crippen molar-refractivity contribution in [1.82, 2.24) is 4.90 Å². The number of rotatable bonds is 4. The molecular formula is C18H18ClF2N3O. The molecule has 1 amide bonds. The molecule has 2 aromatic carbocycles. The molecule has 1 fully saturated rings. The first-order valence-corrected chi connectivity index (χ1v) is 8.37. The van der Waals surface area contributed by atoms with Crippen LogP contribution < -0.4 is 10.2 Å². The highest BCUT2D eigenvalue weighted by Gasteiger charge is 2.20. The fourth-order valence-electron chi connectivity index (χ4n) is 2.84. The van der Waals surface area contributed by atoms with E-state index in [2.05, 4.69) is 10.2 Å². The van der Waals surface area contributed by atoms with E-state index in [-0.39, 0.29) is 18.1 Å². The van der Waals surface area contributed by atoms with Crippen LogP contribution in [0.2, 0.25) is 5.02 Å². The Balaban J connectivity index is 1.52. The summed E-state index contributed by atoms with van der Waals surface area (Å²) < 4.78 is 26.5. The van der Waals surface area contributed by atoms with Crippen LogP contribution in [-0.2, 0) is 4.79 Å². The van der Waals surface area contributed by atoms with Crippen molar-refractivity contribution in [3.8, 4) is 0 Å². The van der Waals surface area contributed by atoms with Crippen molar-refractivity contribution >= 4 is 28.9 Å². The van der Waals surface area contributed by atoms with Crippen LogP contribution in [0.25, 0.3) is 0 Å². The van der Waals surface area contributed by atoms with E-state index in [1.807, 2.05) is 29.2 Å².